The molecule has 2 atom stereocenters. The standard InChI is InChI=1S/C26H26ClN5O3/c1-28-26-29-12-20(27)22(31-26)17-9-10-18-13-32(25(35)19(18)11-17)14-21(33)30-23(24(34)16-7-8-16)15-5-3-2-4-6-15/h2-6,9-12,16,23-24,34H,7-8,13-14H2,1H3,(H,30,33)(H,28,29,31)/t23-,24?/m0/s1. The first-order valence-corrected chi connectivity index (χ1v) is 12.0. The zero-order valence-corrected chi connectivity index (χ0v) is 20.0. The molecule has 1 saturated carbocycles. The van der Waals surface area contributed by atoms with E-state index in [9.17, 15) is 14.7 Å². The van der Waals surface area contributed by atoms with Crippen LogP contribution in [0.3, 0.4) is 0 Å². The van der Waals surface area contributed by atoms with Gasteiger partial charge in [-0.15, -0.1) is 0 Å². The Morgan fingerprint density at radius 2 is 2.00 bits per heavy atom. The molecule has 2 heterocycles. The lowest BCUT2D eigenvalue weighted by Gasteiger charge is -2.26. The Kier molecular flexibility index (Phi) is 6.40. The van der Waals surface area contributed by atoms with E-state index in [1.165, 1.54) is 11.1 Å². The van der Waals surface area contributed by atoms with Crippen LogP contribution in [0.1, 0.15) is 40.4 Å². The summed E-state index contributed by atoms with van der Waals surface area (Å²) in [4.78, 5) is 36.1. The second-order valence-electron chi connectivity index (χ2n) is 8.96. The first-order valence-electron chi connectivity index (χ1n) is 11.6. The Morgan fingerprint density at radius 3 is 2.71 bits per heavy atom. The fourth-order valence-corrected chi connectivity index (χ4v) is 4.65. The highest BCUT2D eigenvalue weighted by molar-refractivity contribution is 6.33. The first-order chi connectivity index (χ1) is 16.9. The van der Waals surface area contributed by atoms with Crippen LogP contribution in [0.4, 0.5) is 5.95 Å². The zero-order valence-electron chi connectivity index (χ0n) is 19.2. The number of nitrogens with one attached hydrogen (secondary N) is 2. The first kappa shape index (κ1) is 23.3. The van der Waals surface area contributed by atoms with Crippen molar-refractivity contribution in [1.82, 2.24) is 20.2 Å². The quantitative estimate of drug-likeness (QED) is 0.445. The molecule has 180 valence electrons. The summed E-state index contributed by atoms with van der Waals surface area (Å²) >= 11 is 6.30. The van der Waals surface area contributed by atoms with Gasteiger partial charge in [0.2, 0.25) is 11.9 Å². The molecule has 5 rings (SSSR count). The summed E-state index contributed by atoms with van der Waals surface area (Å²) in [6.07, 6.45) is 2.76. The lowest BCUT2D eigenvalue weighted by atomic mass is 9.98. The van der Waals surface area contributed by atoms with Crippen LogP contribution in [-0.4, -0.2) is 51.5 Å². The molecular weight excluding hydrogens is 466 g/mol. The van der Waals surface area contributed by atoms with Crippen molar-refractivity contribution in [2.24, 2.45) is 5.92 Å². The van der Waals surface area contributed by atoms with E-state index in [-0.39, 0.29) is 24.3 Å². The van der Waals surface area contributed by atoms with Crippen molar-refractivity contribution in [1.29, 1.82) is 0 Å². The normalized spacial score (nSPS) is 16.5. The largest absolute Gasteiger partial charge is 0.390 e. The van der Waals surface area contributed by atoms with Gasteiger partial charge in [-0.2, -0.15) is 0 Å². The number of aliphatic hydroxyl groups excluding tert-OH is 1. The number of carbonyl (C=O) groups excluding carboxylic acids is 2. The number of anilines is 1. The van der Waals surface area contributed by atoms with Crippen molar-refractivity contribution in [2.75, 3.05) is 18.9 Å². The minimum Gasteiger partial charge on any atom is -0.390 e. The number of fused-ring (bicyclic) bond motifs is 1. The molecule has 35 heavy (non-hydrogen) atoms. The molecule has 1 fully saturated rings. The number of rotatable bonds is 8. The Balaban J connectivity index is 1.31. The highest BCUT2D eigenvalue weighted by atomic mass is 35.5. The number of nitrogens with zero attached hydrogens (tertiary/aromatic N) is 3. The van der Waals surface area contributed by atoms with E-state index in [1.54, 1.807) is 13.1 Å². The van der Waals surface area contributed by atoms with Crippen LogP contribution in [0, 0.1) is 5.92 Å². The number of halogens is 1. The second-order valence-corrected chi connectivity index (χ2v) is 9.36. The SMILES string of the molecule is CNc1ncc(Cl)c(-c2ccc3c(c2)C(=O)N(CC(=O)N[C@@H](c2ccccc2)C(O)C2CC2)C3)n1. The average molecular weight is 492 g/mol. The summed E-state index contributed by atoms with van der Waals surface area (Å²) < 4.78 is 0. The summed E-state index contributed by atoms with van der Waals surface area (Å²) in [6, 6.07) is 14.4. The Hall–Kier alpha value is -3.49. The summed E-state index contributed by atoms with van der Waals surface area (Å²) in [5.41, 5.74) is 3.43. The molecule has 2 aliphatic rings. The fourth-order valence-electron chi connectivity index (χ4n) is 4.45. The van der Waals surface area contributed by atoms with Crippen molar-refractivity contribution >= 4 is 29.4 Å². The molecule has 2 aromatic carbocycles. The molecule has 1 aliphatic heterocycles. The van der Waals surface area contributed by atoms with Crippen LogP contribution in [0.25, 0.3) is 11.3 Å². The van der Waals surface area contributed by atoms with Gasteiger partial charge in [-0.3, -0.25) is 9.59 Å². The molecular formula is C26H26ClN5O3. The van der Waals surface area contributed by atoms with E-state index in [0.717, 1.165) is 24.0 Å². The number of amides is 2. The monoisotopic (exact) mass is 491 g/mol. The van der Waals surface area contributed by atoms with Gasteiger partial charge >= 0.3 is 0 Å². The molecule has 3 aromatic rings. The Labute approximate surface area is 208 Å². The molecule has 0 saturated heterocycles. The number of hydrogen-bond donors (Lipinski definition) is 3. The maximum Gasteiger partial charge on any atom is 0.254 e. The van der Waals surface area contributed by atoms with Gasteiger partial charge in [0, 0.05) is 24.7 Å². The van der Waals surface area contributed by atoms with Crippen molar-refractivity contribution in [3.8, 4) is 11.3 Å². The number of hydrogen-bond acceptors (Lipinski definition) is 6. The van der Waals surface area contributed by atoms with Crippen LogP contribution in [0.5, 0.6) is 0 Å². The van der Waals surface area contributed by atoms with Gasteiger partial charge in [0.05, 0.1) is 29.1 Å². The van der Waals surface area contributed by atoms with Gasteiger partial charge in [0.1, 0.15) is 6.54 Å². The van der Waals surface area contributed by atoms with Gasteiger partial charge in [-0.05, 0) is 36.0 Å². The van der Waals surface area contributed by atoms with Crippen LogP contribution >= 0.6 is 11.6 Å². The number of benzene rings is 2. The summed E-state index contributed by atoms with van der Waals surface area (Å²) in [5, 5.41) is 17.0. The van der Waals surface area contributed by atoms with Crippen LogP contribution in [0.2, 0.25) is 5.02 Å². The third-order valence-corrected chi connectivity index (χ3v) is 6.76. The molecule has 0 spiro atoms. The van der Waals surface area contributed by atoms with Crippen LogP contribution in [-0.2, 0) is 11.3 Å². The second kappa shape index (κ2) is 9.64. The molecule has 1 unspecified atom stereocenters. The Bertz CT molecular complexity index is 1270. The van der Waals surface area contributed by atoms with E-state index < -0.39 is 12.1 Å². The van der Waals surface area contributed by atoms with E-state index >= 15 is 0 Å². The van der Waals surface area contributed by atoms with Gasteiger partial charge in [0.25, 0.3) is 5.91 Å². The van der Waals surface area contributed by atoms with Crippen molar-refractivity contribution < 1.29 is 14.7 Å². The van der Waals surface area contributed by atoms with E-state index in [0.29, 0.717) is 34.3 Å². The highest BCUT2D eigenvalue weighted by Crippen LogP contribution is 2.38. The van der Waals surface area contributed by atoms with Crippen molar-refractivity contribution in [3.63, 3.8) is 0 Å². The molecule has 2 amide bonds. The van der Waals surface area contributed by atoms with Crippen molar-refractivity contribution in [2.45, 2.75) is 31.5 Å². The van der Waals surface area contributed by atoms with Gasteiger partial charge in [-0.1, -0.05) is 54.1 Å². The molecule has 1 aliphatic carbocycles. The molecule has 8 nitrogen and oxygen atoms in total. The molecule has 1 aromatic heterocycles. The third-order valence-electron chi connectivity index (χ3n) is 6.49. The maximum atomic E-state index is 13.2. The predicted molar refractivity (Wildman–Crippen MR) is 133 cm³/mol. The summed E-state index contributed by atoms with van der Waals surface area (Å²) in [6.45, 7) is 0.240. The zero-order chi connectivity index (χ0) is 24.5. The number of carbonyl (C=O) groups is 2. The maximum absolute atomic E-state index is 13.2. The minimum atomic E-state index is -0.657. The van der Waals surface area contributed by atoms with Gasteiger partial charge < -0.3 is 20.6 Å². The summed E-state index contributed by atoms with van der Waals surface area (Å²) in [5.74, 6) is 0.0805. The number of aromatic nitrogens is 2. The fraction of sp³-hybridized carbons (Fsp3) is 0.308. The number of aliphatic hydroxyl groups is 1. The van der Waals surface area contributed by atoms with Gasteiger partial charge in [0.15, 0.2) is 0 Å². The van der Waals surface area contributed by atoms with E-state index in [2.05, 4.69) is 20.6 Å². The topological polar surface area (TPSA) is 107 Å². The average Bonchev–Trinajstić information content (AvgIpc) is 3.68. The molecule has 3 N–H and O–H groups in total. The lowest BCUT2D eigenvalue weighted by molar-refractivity contribution is -0.123. The predicted octanol–water partition coefficient (Wildman–Crippen LogP) is 3.42. The Morgan fingerprint density at radius 1 is 1.23 bits per heavy atom. The summed E-state index contributed by atoms with van der Waals surface area (Å²) in [7, 11) is 1.72. The molecule has 0 bridgehead atoms. The minimum absolute atomic E-state index is 0.0955. The smallest absolute Gasteiger partial charge is 0.254 e. The molecule has 9 heteroatoms. The van der Waals surface area contributed by atoms with Gasteiger partial charge in [-0.25, -0.2) is 9.97 Å². The molecule has 0 radical (unpaired) electrons. The van der Waals surface area contributed by atoms with E-state index in [1.807, 2.05) is 42.5 Å². The van der Waals surface area contributed by atoms with E-state index in [4.69, 9.17) is 11.6 Å². The van der Waals surface area contributed by atoms with Crippen molar-refractivity contribution in [3.05, 3.63) is 76.4 Å². The highest BCUT2D eigenvalue weighted by Gasteiger charge is 2.37. The third kappa shape index (κ3) is 4.85. The lowest BCUT2D eigenvalue weighted by Crippen LogP contribution is -2.43. The van der Waals surface area contributed by atoms with Crippen LogP contribution in [0.15, 0.2) is 54.7 Å². The van der Waals surface area contributed by atoms with Crippen LogP contribution < -0.4 is 10.6 Å².